The molecular formula is C14H18O2. The van der Waals surface area contributed by atoms with Gasteiger partial charge in [-0.3, -0.25) is 0 Å². The first-order valence-corrected chi connectivity index (χ1v) is 5.30. The summed E-state index contributed by atoms with van der Waals surface area (Å²) in [5, 5.41) is 0. The molecule has 0 spiro atoms. The molecule has 0 radical (unpaired) electrons. The molecule has 86 valence electrons. The normalized spacial score (nSPS) is 11.8. The molecular weight excluding hydrogens is 200 g/mol. The summed E-state index contributed by atoms with van der Waals surface area (Å²) in [7, 11) is 1.37. The summed E-state index contributed by atoms with van der Waals surface area (Å²) in [6, 6.07) is 8.14. The van der Waals surface area contributed by atoms with Gasteiger partial charge in [-0.2, -0.15) is 0 Å². The number of benzene rings is 1. The Kier molecular flexibility index (Phi) is 3.88. The van der Waals surface area contributed by atoms with Crippen molar-refractivity contribution >= 4 is 12.0 Å². The zero-order valence-electron chi connectivity index (χ0n) is 10.3. The lowest BCUT2D eigenvalue weighted by Crippen LogP contribution is -2.10. The van der Waals surface area contributed by atoms with Crippen LogP contribution in [0.2, 0.25) is 0 Å². The van der Waals surface area contributed by atoms with E-state index in [0.29, 0.717) is 0 Å². The monoisotopic (exact) mass is 218 g/mol. The third-order valence-electron chi connectivity index (χ3n) is 2.37. The van der Waals surface area contributed by atoms with E-state index >= 15 is 0 Å². The second kappa shape index (κ2) is 4.97. The Hall–Kier alpha value is -1.57. The van der Waals surface area contributed by atoms with Crippen LogP contribution in [0, 0.1) is 0 Å². The van der Waals surface area contributed by atoms with Gasteiger partial charge in [0.15, 0.2) is 0 Å². The molecule has 0 aliphatic rings. The minimum atomic E-state index is -0.332. The average molecular weight is 218 g/mol. The van der Waals surface area contributed by atoms with Crippen molar-refractivity contribution in [3.05, 3.63) is 41.5 Å². The number of carbonyl (C=O) groups excluding carboxylic acids is 1. The summed E-state index contributed by atoms with van der Waals surface area (Å²) in [6.07, 6.45) is 3.20. The molecule has 0 aliphatic heterocycles. The highest BCUT2D eigenvalue weighted by Crippen LogP contribution is 2.23. The summed E-state index contributed by atoms with van der Waals surface area (Å²) < 4.78 is 4.54. The Morgan fingerprint density at radius 3 is 2.56 bits per heavy atom. The van der Waals surface area contributed by atoms with E-state index < -0.39 is 0 Å². The number of hydrogen-bond acceptors (Lipinski definition) is 2. The summed E-state index contributed by atoms with van der Waals surface area (Å²) in [6.45, 7) is 6.49. The van der Waals surface area contributed by atoms with Crippen LogP contribution in [0.5, 0.6) is 0 Å². The Morgan fingerprint density at radius 1 is 1.31 bits per heavy atom. The largest absolute Gasteiger partial charge is 0.466 e. The molecule has 1 aromatic rings. The van der Waals surface area contributed by atoms with Crippen molar-refractivity contribution in [3.8, 4) is 0 Å². The topological polar surface area (TPSA) is 26.3 Å². The lowest BCUT2D eigenvalue weighted by atomic mass is 9.86. The van der Waals surface area contributed by atoms with Gasteiger partial charge in [0.25, 0.3) is 0 Å². The second-order valence-corrected chi connectivity index (χ2v) is 4.73. The first-order chi connectivity index (χ1) is 7.43. The molecule has 1 aromatic carbocycles. The molecule has 1 rings (SSSR count). The van der Waals surface area contributed by atoms with E-state index in [4.69, 9.17) is 0 Å². The van der Waals surface area contributed by atoms with Crippen LogP contribution in [0.4, 0.5) is 0 Å². The molecule has 0 aliphatic carbocycles. The molecule has 0 fully saturated rings. The summed E-state index contributed by atoms with van der Waals surface area (Å²) in [5.74, 6) is -0.332. The van der Waals surface area contributed by atoms with Crippen LogP contribution in [0.3, 0.4) is 0 Å². The van der Waals surface area contributed by atoms with Crippen molar-refractivity contribution in [3.63, 3.8) is 0 Å². The fourth-order valence-corrected chi connectivity index (χ4v) is 1.34. The maximum absolute atomic E-state index is 11.0. The van der Waals surface area contributed by atoms with Crippen molar-refractivity contribution in [2.45, 2.75) is 26.2 Å². The SMILES string of the molecule is COC(=O)C=Cc1cccc(C(C)(C)C)c1. The van der Waals surface area contributed by atoms with Gasteiger partial charge in [-0.05, 0) is 22.6 Å². The van der Waals surface area contributed by atoms with Gasteiger partial charge >= 0.3 is 5.97 Å². The van der Waals surface area contributed by atoms with Crippen molar-refractivity contribution in [1.29, 1.82) is 0 Å². The fourth-order valence-electron chi connectivity index (χ4n) is 1.34. The smallest absolute Gasteiger partial charge is 0.330 e. The van der Waals surface area contributed by atoms with E-state index in [1.165, 1.54) is 18.7 Å². The van der Waals surface area contributed by atoms with Gasteiger partial charge in [-0.25, -0.2) is 4.79 Å². The maximum atomic E-state index is 11.0. The van der Waals surface area contributed by atoms with Crippen LogP contribution in [0.25, 0.3) is 6.08 Å². The Balaban J connectivity index is 2.91. The highest BCUT2D eigenvalue weighted by molar-refractivity contribution is 5.86. The van der Waals surface area contributed by atoms with Crippen molar-refractivity contribution in [2.24, 2.45) is 0 Å². The highest BCUT2D eigenvalue weighted by Gasteiger charge is 2.12. The summed E-state index contributed by atoms with van der Waals surface area (Å²) in [5.41, 5.74) is 2.38. The Bertz CT molecular complexity index is 397. The number of carbonyl (C=O) groups is 1. The molecule has 0 atom stereocenters. The number of rotatable bonds is 2. The summed E-state index contributed by atoms with van der Waals surface area (Å²) >= 11 is 0. The van der Waals surface area contributed by atoms with E-state index in [1.807, 2.05) is 12.1 Å². The van der Waals surface area contributed by atoms with Gasteiger partial charge in [0.2, 0.25) is 0 Å². The first kappa shape index (κ1) is 12.5. The lowest BCUT2D eigenvalue weighted by Gasteiger charge is -2.19. The Morgan fingerprint density at radius 2 is 2.00 bits per heavy atom. The molecule has 0 bridgehead atoms. The number of hydrogen-bond donors (Lipinski definition) is 0. The van der Waals surface area contributed by atoms with Gasteiger partial charge in [-0.1, -0.05) is 45.0 Å². The van der Waals surface area contributed by atoms with Crippen LogP contribution < -0.4 is 0 Å². The number of ether oxygens (including phenoxy) is 1. The first-order valence-electron chi connectivity index (χ1n) is 5.30. The van der Waals surface area contributed by atoms with Crippen LogP contribution in [-0.4, -0.2) is 13.1 Å². The lowest BCUT2D eigenvalue weighted by molar-refractivity contribution is -0.134. The highest BCUT2D eigenvalue weighted by atomic mass is 16.5. The second-order valence-electron chi connectivity index (χ2n) is 4.73. The van der Waals surface area contributed by atoms with Crippen molar-refractivity contribution < 1.29 is 9.53 Å². The van der Waals surface area contributed by atoms with E-state index in [2.05, 4.69) is 37.6 Å². The molecule has 0 heterocycles. The van der Waals surface area contributed by atoms with Gasteiger partial charge in [0.05, 0.1) is 7.11 Å². The third-order valence-corrected chi connectivity index (χ3v) is 2.37. The Labute approximate surface area is 96.9 Å². The molecule has 0 saturated heterocycles. The molecule has 16 heavy (non-hydrogen) atoms. The molecule has 0 N–H and O–H groups in total. The predicted octanol–water partition coefficient (Wildman–Crippen LogP) is 3.17. The van der Waals surface area contributed by atoms with Crippen molar-refractivity contribution in [2.75, 3.05) is 7.11 Å². The average Bonchev–Trinajstić information content (AvgIpc) is 2.25. The minimum Gasteiger partial charge on any atom is -0.466 e. The molecule has 2 heteroatoms. The van der Waals surface area contributed by atoms with Gasteiger partial charge in [-0.15, -0.1) is 0 Å². The van der Waals surface area contributed by atoms with Gasteiger partial charge < -0.3 is 4.74 Å². The molecule has 0 aromatic heterocycles. The fraction of sp³-hybridized carbons (Fsp3) is 0.357. The van der Waals surface area contributed by atoms with E-state index in [9.17, 15) is 4.79 Å². The zero-order valence-corrected chi connectivity index (χ0v) is 10.3. The van der Waals surface area contributed by atoms with E-state index in [1.54, 1.807) is 6.08 Å². The van der Waals surface area contributed by atoms with Crippen molar-refractivity contribution in [1.82, 2.24) is 0 Å². The molecule has 0 unspecified atom stereocenters. The van der Waals surface area contributed by atoms with Gasteiger partial charge in [0, 0.05) is 6.08 Å². The molecule has 0 amide bonds. The number of esters is 1. The number of methoxy groups -OCH3 is 1. The maximum Gasteiger partial charge on any atom is 0.330 e. The van der Waals surface area contributed by atoms with E-state index in [0.717, 1.165) is 5.56 Å². The predicted molar refractivity (Wildman–Crippen MR) is 66.2 cm³/mol. The zero-order chi connectivity index (χ0) is 12.2. The molecule has 2 nitrogen and oxygen atoms in total. The van der Waals surface area contributed by atoms with Crippen LogP contribution in [-0.2, 0) is 14.9 Å². The van der Waals surface area contributed by atoms with Crippen LogP contribution >= 0.6 is 0 Å². The quantitative estimate of drug-likeness (QED) is 0.563. The molecule has 0 saturated carbocycles. The van der Waals surface area contributed by atoms with E-state index in [-0.39, 0.29) is 11.4 Å². The standard InChI is InChI=1S/C14H18O2/c1-14(2,3)12-7-5-6-11(10-12)8-9-13(15)16-4/h5-10H,1-4H3. The summed E-state index contributed by atoms with van der Waals surface area (Å²) in [4.78, 5) is 11.0. The van der Waals surface area contributed by atoms with Crippen LogP contribution in [0.1, 0.15) is 31.9 Å². The van der Waals surface area contributed by atoms with Gasteiger partial charge in [0.1, 0.15) is 0 Å². The minimum absolute atomic E-state index is 0.120. The van der Waals surface area contributed by atoms with Crippen LogP contribution in [0.15, 0.2) is 30.3 Å². The third kappa shape index (κ3) is 3.54.